The average Bonchev–Trinajstić information content (AvgIpc) is 2.69. The fourth-order valence-electron chi connectivity index (χ4n) is 2.35. The number of carbonyl (C=O) groups excluding carboxylic acids is 4. The monoisotopic (exact) mass is 463 g/mol. The third-order valence-electron chi connectivity index (χ3n) is 4.18. The maximum absolute atomic E-state index is 12.6. The van der Waals surface area contributed by atoms with Crippen molar-refractivity contribution in [2.45, 2.75) is 62.9 Å². The maximum atomic E-state index is 12.6. The first-order valence-corrected chi connectivity index (χ1v) is 9.48. The van der Waals surface area contributed by atoms with Crippen molar-refractivity contribution in [1.29, 1.82) is 0 Å². The second-order valence-corrected chi connectivity index (χ2v) is 6.91. The second kappa shape index (κ2) is 13.9. The topological polar surface area (TPSA) is 271 Å². The fourth-order valence-corrected chi connectivity index (χ4v) is 2.35. The van der Waals surface area contributed by atoms with E-state index in [1.165, 1.54) is 0 Å². The van der Waals surface area contributed by atoms with Crippen LogP contribution < -0.4 is 27.4 Å². The SMILES string of the molecule is CC(O)C(NC(=O)C(CCC(N)=O)NC(=O)C(N)CCC(=O)O)C(=O)NC(CO)C(=O)O. The number of carboxylic acid groups (broad SMARTS) is 2. The van der Waals surface area contributed by atoms with Gasteiger partial charge in [0, 0.05) is 12.8 Å². The molecule has 32 heavy (non-hydrogen) atoms. The Balaban J connectivity index is 5.38. The molecular formula is C17H29N5O10. The van der Waals surface area contributed by atoms with Gasteiger partial charge in [0.05, 0.1) is 18.8 Å². The Hall–Kier alpha value is -3.30. The molecule has 5 unspecified atom stereocenters. The molecule has 0 aliphatic heterocycles. The molecule has 5 atom stereocenters. The first-order chi connectivity index (χ1) is 14.8. The molecule has 0 aliphatic carbocycles. The first-order valence-electron chi connectivity index (χ1n) is 9.48. The second-order valence-electron chi connectivity index (χ2n) is 6.91. The van der Waals surface area contributed by atoms with Gasteiger partial charge in [-0.1, -0.05) is 0 Å². The summed E-state index contributed by atoms with van der Waals surface area (Å²) in [4.78, 5) is 69.7. The van der Waals surface area contributed by atoms with Crippen molar-refractivity contribution in [3.05, 3.63) is 0 Å². The predicted octanol–water partition coefficient (Wildman–Crippen LogP) is -4.64. The third-order valence-corrected chi connectivity index (χ3v) is 4.18. The fraction of sp³-hybridized carbons (Fsp3) is 0.647. The predicted molar refractivity (Wildman–Crippen MR) is 105 cm³/mol. The Morgan fingerprint density at radius 3 is 1.84 bits per heavy atom. The summed E-state index contributed by atoms with van der Waals surface area (Å²) in [7, 11) is 0. The van der Waals surface area contributed by atoms with Gasteiger partial charge >= 0.3 is 11.9 Å². The Bertz CT molecular complexity index is 714. The van der Waals surface area contributed by atoms with Gasteiger partial charge in [-0.2, -0.15) is 0 Å². The molecule has 0 aromatic rings. The summed E-state index contributed by atoms with van der Waals surface area (Å²) in [5.41, 5.74) is 10.6. The van der Waals surface area contributed by atoms with E-state index < -0.39 is 78.9 Å². The van der Waals surface area contributed by atoms with E-state index in [9.17, 15) is 33.9 Å². The molecule has 0 spiro atoms. The van der Waals surface area contributed by atoms with Crippen LogP contribution in [0.2, 0.25) is 0 Å². The van der Waals surface area contributed by atoms with Crippen molar-refractivity contribution < 1.29 is 49.2 Å². The van der Waals surface area contributed by atoms with Crippen LogP contribution in [0.25, 0.3) is 0 Å². The molecule has 0 aliphatic rings. The zero-order valence-corrected chi connectivity index (χ0v) is 17.3. The minimum atomic E-state index is -1.70. The Morgan fingerprint density at radius 2 is 1.41 bits per heavy atom. The molecule has 0 saturated carbocycles. The molecule has 4 amide bonds. The van der Waals surface area contributed by atoms with Gasteiger partial charge in [-0.05, 0) is 19.8 Å². The molecule has 15 heteroatoms. The molecule has 0 rings (SSSR count). The van der Waals surface area contributed by atoms with Crippen LogP contribution in [0.1, 0.15) is 32.6 Å². The molecule has 0 fully saturated rings. The average molecular weight is 463 g/mol. The number of carboxylic acids is 2. The van der Waals surface area contributed by atoms with E-state index >= 15 is 0 Å². The third kappa shape index (κ3) is 10.6. The summed E-state index contributed by atoms with van der Waals surface area (Å²) in [6, 6.07) is -6.09. The summed E-state index contributed by atoms with van der Waals surface area (Å²) < 4.78 is 0. The lowest BCUT2D eigenvalue weighted by atomic mass is 10.1. The van der Waals surface area contributed by atoms with E-state index in [1.807, 2.05) is 5.32 Å². The lowest BCUT2D eigenvalue weighted by Gasteiger charge is -2.26. The van der Waals surface area contributed by atoms with E-state index in [1.54, 1.807) is 0 Å². The van der Waals surface area contributed by atoms with Gasteiger partial charge < -0.3 is 47.8 Å². The van der Waals surface area contributed by atoms with Gasteiger partial charge in [0.1, 0.15) is 18.1 Å². The molecule has 0 aromatic heterocycles. The van der Waals surface area contributed by atoms with E-state index in [2.05, 4.69) is 10.6 Å². The molecule has 0 radical (unpaired) electrons. The normalized spacial score (nSPS) is 15.4. The van der Waals surface area contributed by atoms with Crippen LogP contribution in [0, 0.1) is 0 Å². The van der Waals surface area contributed by atoms with Gasteiger partial charge in [-0.25, -0.2) is 4.79 Å². The molecule has 0 aromatic carbocycles. The first kappa shape index (κ1) is 28.7. The summed E-state index contributed by atoms with van der Waals surface area (Å²) in [5.74, 6) is -6.61. The number of aliphatic carboxylic acids is 2. The number of hydrogen-bond acceptors (Lipinski definition) is 9. The highest BCUT2D eigenvalue weighted by molar-refractivity contribution is 5.94. The van der Waals surface area contributed by atoms with Crippen LogP contribution in [0.5, 0.6) is 0 Å². The number of aliphatic hydroxyl groups is 2. The molecule has 0 saturated heterocycles. The van der Waals surface area contributed by atoms with Crippen molar-refractivity contribution in [2.75, 3.05) is 6.61 Å². The number of hydrogen-bond donors (Lipinski definition) is 9. The lowest BCUT2D eigenvalue weighted by molar-refractivity contribution is -0.144. The maximum Gasteiger partial charge on any atom is 0.328 e. The number of amides is 4. The number of carbonyl (C=O) groups is 6. The summed E-state index contributed by atoms with van der Waals surface area (Å²) in [6.07, 6.45) is -2.81. The molecule has 182 valence electrons. The van der Waals surface area contributed by atoms with Crippen LogP contribution in [-0.2, 0) is 28.8 Å². The number of nitrogens with one attached hydrogen (secondary N) is 3. The molecular weight excluding hydrogens is 434 g/mol. The minimum Gasteiger partial charge on any atom is -0.481 e. The van der Waals surface area contributed by atoms with Gasteiger partial charge in [-0.15, -0.1) is 0 Å². The van der Waals surface area contributed by atoms with Crippen LogP contribution in [-0.4, -0.2) is 92.9 Å². The number of nitrogens with two attached hydrogens (primary N) is 2. The van der Waals surface area contributed by atoms with Crippen LogP contribution >= 0.6 is 0 Å². The number of primary amides is 1. The standard InChI is InChI=1S/C17H29N5O10/c1-7(24)13(16(30)21-10(6-23)17(31)32)22-15(29)9(3-4-11(19)25)20-14(28)8(18)2-5-12(26)27/h7-10,13,23-24H,2-6,18H2,1H3,(H2,19,25)(H,20,28)(H,21,30)(H,22,29)(H,26,27)(H,31,32). The summed E-state index contributed by atoms with van der Waals surface area (Å²) in [5, 5.41) is 42.7. The summed E-state index contributed by atoms with van der Waals surface area (Å²) >= 11 is 0. The number of aliphatic hydroxyl groups excluding tert-OH is 2. The lowest BCUT2D eigenvalue weighted by Crippen LogP contribution is -2.60. The largest absolute Gasteiger partial charge is 0.481 e. The van der Waals surface area contributed by atoms with E-state index in [4.69, 9.17) is 26.8 Å². The highest BCUT2D eigenvalue weighted by Crippen LogP contribution is 2.03. The van der Waals surface area contributed by atoms with Crippen LogP contribution in [0.4, 0.5) is 0 Å². The van der Waals surface area contributed by atoms with Crippen LogP contribution in [0.15, 0.2) is 0 Å². The molecule has 15 nitrogen and oxygen atoms in total. The summed E-state index contributed by atoms with van der Waals surface area (Å²) in [6.45, 7) is 0.172. The molecule has 11 N–H and O–H groups in total. The van der Waals surface area contributed by atoms with Crippen molar-refractivity contribution in [3.8, 4) is 0 Å². The van der Waals surface area contributed by atoms with Crippen molar-refractivity contribution in [1.82, 2.24) is 16.0 Å². The Morgan fingerprint density at radius 1 is 0.844 bits per heavy atom. The van der Waals surface area contributed by atoms with E-state index in [-0.39, 0.29) is 19.3 Å². The van der Waals surface area contributed by atoms with Gasteiger partial charge in [0.25, 0.3) is 0 Å². The van der Waals surface area contributed by atoms with Gasteiger partial charge in [-0.3, -0.25) is 24.0 Å². The quantitative estimate of drug-likeness (QED) is 0.111. The smallest absolute Gasteiger partial charge is 0.328 e. The highest BCUT2D eigenvalue weighted by atomic mass is 16.4. The van der Waals surface area contributed by atoms with Crippen LogP contribution in [0.3, 0.4) is 0 Å². The van der Waals surface area contributed by atoms with E-state index in [0.29, 0.717) is 0 Å². The van der Waals surface area contributed by atoms with E-state index in [0.717, 1.165) is 6.92 Å². The minimum absolute atomic E-state index is 0.234. The number of rotatable bonds is 15. The molecule has 0 heterocycles. The van der Waals surface area contributed by atoms with Crippen molar-refractivity contribution in [3.63, 3.8) is 0 Å². The van der Waals surface area contributed by atoms with Crippen molar-refractivity contribution >= 4 is 35.6 Å². The Labute approximate surface area is 182 Å². The Kier molecular flexibility index (Phi) is 12.5. The van der Waals surface area contributed by atoms with Gasteiger partial charge in [0.15, 0.2) is 0 Å². The van der Waals surface area contributed by atoms with Crippen molar-refractivity contribution in [2.24, 2.45) is 11.5 Å². The molecule has 0 bridgehead atoms. The zero-order valence-electron chi connectivity index (χ0n) is 17.3. The zero-order chi connectivity index (χ0) is 25.0. The highest BCUT2D eigenvalue weighted by Gasteiger charge is 2.32. The van der Waals surface area contributed by atoms with Gasteiger partial charge in [0.2, 0.25) is 23.6 Å².